The van der Waals surface area contributed by atoms with Crippen molar-refractivity contribution >= 4 is 17.2 Å². The molecule has 19 heavy (non-hydrogen) atoms. The summed E-state index contributed by atoms with van der Waals surface area (Å²) in [5.74, 6) is 0.732. The van der Waals surface area contributed by atoms with E-state index >= 15 is 0 Å². The molecule has 1 heterocycles. The quantitative estimate of drug-likeness (QED) is 0.900. The van der Waals surface area contributed by atoms with Gasteiger partial charge in [0.2, 0.25) is 5.91 Å². The highest BCUT2D eigenvalue weighted by molar-refractivity contribution is 7.09. The molecular weight excluding hydrogens is 256 g/mol. The van der Waals surface area contributed by atoms with Crippen molar-refractivity contribution < 1.29 is 4.79 Å². The molecule has 3 rings (SSSR count). The first-order valence-corrected chi connectivity index (χ1v) is 8.19. The van der Waals surface area contributed by atoms with Crippen LogP contribution in [0, 0.1) is 5.92 Å². The van der Waals surface area contributed by atoms with Crippen LogP contribution in [0.15, 0.2) is 17.5 Å². The van der Waals surface area contributed by atoms with Gasteiger partial charge in [-0.1, -0.05) is 12.5 Å². The molecule has 2 N–H and O–H groups in total. The highest BCUT2D eigenvalue weighted by Crippen LogP contribution is 2.33. The molecule has 2 aliphatic rings. The summed E-state index contributed by atoms with van der Waals surface area (Å²) in [7, 11) is 0. The second-order valence-corrected chi connectivity index (χ2v) is 6.92. The van der Waals surface area contributed by atoms with E-state index in [0.717, 1.165) is 19.4 Å². The van der Waals surface area contributed by atoms with Gasteiger partial charge in [-0.05, 0) is 43.0 Å². The molecule has 2 saturated carbocycles. The minimum absolute atomic E-state index is 0.242. The minimum Gasteiger partial charge on any atom is -0.335 e. The van der Waals surface area contributed by atoms with Crippen LogP contribution in [0.1, 0.15) is 43.4 Å². The molecule has 104 valence electrons. The maximum atomic E-state index is 12.5. The van der Waals surface area contributed by atoms with Gasteiger partial charge in [0.1, 0.15) is 0 Å². The summed E-state index contributed by atoms with van der Waals surface area (Å²) in [5, 5.41) is 2.08. The summed E-state index contributed by atoms with van der Waals surface area (Å²) in [4.78, 5) is 15.9. The van der Waals surface area contributed by atoms with Crippen molar-refractivity contribution in [3.05, 3.63) is 22.4 Å². The maximum Gasteiger partial charge on any atom is 0.223 e. The number of thiophene rings is 1. The Kier molecular flexibility index (Phi) is 3.89. The van der Waals surface area contributed by atoms with E-state index in [1.54, 1.807) is 11.3 Å². The van der Waals surface area contributed by atoms with E-state index in [1.165, 1.54) is 24.1 Å². The smallest absolute Gasteiger partial charge is 0.223 e. The number of nitrogens with two attached hydrogens (primary N) is 1. The van der Waals surface area contributed by atoms with Gasteiger partial charge >= 0.3 is 0 Å². The van der Waals surface area contributed by atoms with Crippen LogP contribution in [0.2, 0.25) is 0 Å². The van der Waals surface area contributed by atoms with Crippen LogP contribution < -0.4 is 5.73 Å². The van der Waals surface area contributed by atoms with Crippen LogP contribution in [-0.4, -0.2) is 22.9 Å². The van der Waals surface area contributed by atoms with Crippen LogP contribution >= 0.6 is 11.3 Å². The fourth-order valence-electron chi connectivity index (χ4n) is 3.04. The first kappa shape index (κ1) is 13.1. The molecule has 0 aliphatic heterocycles. The Labute approximate surface area is 118 Å². The van der Waals surface area contributed by atoms with Gasteiger partial charge in [-0.25, -0.2) is 0 Å². The zero-order valence-corrected chi connectivity index (χ0v) is 12.1. The van der Waals surface area contributed by atoms with Crippen LogP contribution in [0.3, 0.4) is 0 Å². The predicted octanol–water partition coefficient (Wildman–Crippen LogP) is 2.76. The standard InChI is InChI=1S/C15H22N2OS/c16-14-5-1-3-11(14)9-15(18)17(12-6-7-12)10-13-4-2-8-19-13/h2,4,8,11-12,14H,1,3,5-7,9-10,16H2/t11-,14+/m0/s1. The number of rotatable bonds is 5. The van der Waals surface area contributed by atoms with E-state index in [-0.39, 0.29) is 6.04 Å². The monoisotopic (exact) mass is 278 g/mol. The summed E-state index contributed by atoms with van der Waals surface area (Å²) >= 11 is 1.74. The normalized spacial score (nSPS) is 26.6. The first-order chi connectivity index (χ1) is 9.24. The second kappa shape index (κ2) is 5.63. The average Bonchev–Trinajstić information content (AvgIpc) is 2.95. The lowest BCUT2D eigenvalue weighted by Crippen LogP contribution is -2.36. The van der Waals surface area contributed by atoms with Crippen molar-refractivity contribution in [3.63, 3.8) is 0 Å². The SMILES string of the molecule is N[C@@H]1CCC[C@H]1CC(=O)N(Cc1cccs1)C1CC1. The Bertz CT molecular complexity index is 427. The van der Waals surface area contributed by atoms with Crippen molar-refractivity contribution in [3.8, 4) is 0 Å². The second-order valence-electron chi connectivity index (χ2n) is 5.89. The predicted molar refractivity (Wildman–Crippen MR) is 77.8 cm³/mol. The number of nitrogens with zero attached hydrogens (tertiary/aromatic N) is 1. The first-order valence-electron chi connectivity index (χ1n) is 7.31. The summed E-state index contributed by atoms with van der Waals surface area (Å²) < 4.78 is 0. The van der Waals surface area contributed by atoms with Crippen molar-refractivity contribution in [2.75, 3.05) is 0 Å². The summed E-state index contributed by atoms with van der Waals surface area (Å²) in [6, 6.07) is 4.91. The van der Waals surface area contributed by atoms with Gasteiger partial charge in [0.25, 0.3) is 0 Å². The number of carbonyl (C=O) groups is 1. The van der Waals surface area contributed by atoms with Crippen LogP contribution in [0.5, 0.6) is 0 Å². The molecule has 1 aromatic rings. The Morgan fingerprint density at radius 3 is 2.79 bits per heavy atom. The molecule has 0 bridgehead atoms. The van der Waals surface area contributed by atoms with Crippen LogP contribution in [-0.2, 0) is 11.3 Å². The van der Waals surface area contributed by atoms with Gasteiger partial charge in [-0.15, -0.1) is 11.3 Å². The highest BCUT2D eigenvalue weighted by atomic mass is 32.1. The van der Waals surface area contributed by atoms with Gasteiger partial charge in [-0.3, -0.25) is 4.79 Å². The summed E-state index contributed by atoms with van der Waals surface area (Å²) in [6.07, 6.45) is 6.41. The molecule has 0 unspecified atom stereocenters. The lowest BCUT2D eigenvalue weighted by molar-refractivity contribution is -0.133. The van der Waals surface area contributed by atoms with Gasteiger partial charge < -0.3 is 10.6 Å². The minimum atomic E-state index is 0.242. The third-order valence-corrected chi connectivity index (χ3v) is 5.23. The highest BCUT2D eigenvalue weighted by Gasteiger charge is 2.35. The maximum absolute atomic E-state index is 12.5. The van der Waals surface area contributed by atoms with E-state index in [2.05, 4.69) is 22.4 Å². The molecule has 1 amide bonds. The summed E-state index contributed by atoms with van der Waals surface area (Å²) in [6.45, 7) is 0.795. The molecule has 4 heteroatoms. The third kappa shape index (κ3) is 3.18. The molecule has 2 aliphatic carbocycles. The Morgan fingerprint density at radius 2 is 2.21 bits per heavy atom. The van der Waals surface area contributed by atoms with E-state index in [4.69, 9.17) is 5.73 Å². The third-order valence-electron chi connectivity index (χ3n) is 4.37. The molecule has 0 saturated heterocycles. The molecule has 3 nitrogen and oxygen atoms in total. The molecule has 2 fully saturated rings. The Balaban J connectivity index is 1.61. The van der Waals surface area contributed by atoms with Crippen molar-refractivity contribution in [1.29, 1.82) is 0 Å². The molecule has 1 aromatic heterocycles. The molecule has 0 radical (unpaired) electrons. The topological polar surface area (TPSA) is 46.3 Å². The van der Waals surface area contributed by atoms with Crippen molar-refractivity contribution in [1.82, 2.24) is 4.90 Å². The van der Waals surface area contributed by atoms with Crippen LogP contribution in [0.4, 0.5) is 0 Å². The molecular formula is C15H22N2OS. The van der Waals surface area contributed by atoms with E-state index < -0.39 is 0 Å². The lowest BCUT2D eigenvalue weighted by Gasteiger charge is -2.24. The Morgan fingerprint density at radius 1 is 1.37 bits per heavy atom. The summed E-state index contributed by atoms with van der Waals surface area (Å²) in [5.41, 5.74) is 6.09. The number of carbonyl (C=O) groups excluding carboxylic acids is 1. The number of hydrogen-bond donors (Lipinski definition) is 1. The lowest BCUT2D eigenvalue weighted by atomic mass is 9.99. The average molecular weight is 278 g/mol. The van der Waals surface area contributed by atoms with Gasteiger partial charge in [-0.2, -0.15) is 0 Å². The molecule has 0 aromatic carbocycles. The molecule has 2 atom stereocenters. The van der Waals surface area contributed by atoms with Crippen molar-refractivity contribution in [2.24, 2.45) is 11.7 Å². The van der Waals surface area contributed by atoms with Crippen LogP contribution in [0.25, 0.3) is 0 Å². The fraction of sp³-hybridized carbons (Fsp3) is 0.667. The number of hydrogen-bond acceptors (Lipinski definition) is 3. The van der Waals surface area contributed by atoms with Gasteiger partial charge in [0.05, 0.1) is 6.54 Å². The largest absolute Gasteiger partial charge is 0.335 e. The van der Waals surface area contributed by atoms with E-state index in [0.29, 0.717) is 24.3 Å². The van der Waals surface area contributed by atoms with Gasteiger partial charge in [0, 0.05) is 23.4 Å². The Hall–Kier alpha value is -0.870. The van der Waals surface area contributed by atoms with Gasteiger partial charge in [0.15, 0.2) is 0 Å². The molecule has 0 spiro atoms. The fourth-order valence-corrected chi connectivity index (χ4v) is 3.74. The number of amides is 1. The van der Waals surface area contributed by atoms with E-state index in [1.807, 2.05) is 0 Å². The zero-order valence-electron chi connectivity index (χ0n) is 11.3. The zero-order chi connectivity index (χ0) is 13.2. The van der Waals surface area contributed by atoms with E-state index in [9.17, 15) is 4.79 Å². The van der Waals surface area contributed by atoms with Crippen molar-refractivity contribution in [2.45, 2.75) is 57.2 Å².